The van der Waals surface area contributed by atoms with Gasteiger partial charge in [0.05, 0.1) is 13.2 Å². The van der Waals surface area contributed by atoms with Crippen LogP contribution in [-0.2, 0) is 14.8 Å². The lowest BCUT2D eigenvalue weighted by Gasteiger charge is -2.26. The highest BCUT2D eigenvalue weighted by Gasteiger charge is 2.29. The molecule has 1 atom stereocenters. The maximum atomic E-state index is 13.1. The van der Waals surface area contributed by atoms with E-state index in [0.29, 0.717) is 29.4 Å². The van der Waals surface area contributed by atoms with E-state index in [1.54, 1.807) is 36.4 Å². The van der Waals surface area contributed by atoms with Crippen LogP contribution in [0.25, 0.3) is 6.08 Å². The lowest BCUT2D eigenvalue weighted by Crippen LogP contribution is -2.35. The Morgan fingerprint density at radius 1 is 1.16 bits per heavy atom. The molecule has 1 saturated heterocycles. The van der Waals surface area contributed by atoms with Gasteiger partial charge in [-0.05, 0) is 61.2 Å². The number of carbonyl (C=O) groups excluding carboxylic acids is 1. The first-order valence-electron chi connectivity index (χ1n) is 10.2. The van der Waals surface area contributed by atoms with Crippen molar-refractivity contribution in [2.45, 2.75) is 37.1 Å². The zero-order valence-corrected chi connectivity index (χ0v) is 19.2. The fourth-order valence-electron chi connectivity index (χ4n) is 3.54. The Hall–Kier alpha value is -2.35. The fraction of sp³-hybridized carbons (Fsp3) is 0.348. The summed E-state index contributed by atoms with van der Waals surface area (Å²) in [6.45, 7) is 2.89. The van der Waals surface area contributed by atoms with Crippen molar-refractivity contribution < 1.29 is 17.9 Å². The minimum atomic E-state index is -3.66. The molecule has 2 aromatic rings. The maximum absolute atomic E-state index is 13.1. The van der Waals surface area contributed by atoms with Crippen LogP contribution in [0.15, 0.2) is 53.4 Å². The summed E-state index contributed by atoms with van der Waals surface area (Å²) in [4.78, 5) is 12.5. The molecular formula is C23H27ClN2O4S. The third-order valence-corrected chi connectivity index (χ3v) is 7.41. The Kier molecular flexibility index (Phi) is 7.75. The number of piperidine rings is 1. The zero-order chi connectivity index (χ0) is 22.4. The van der Waals surface area contributed by atoms with Crippen LogP contribution in [0, 0.1) is 0 Å². The second kappa shape index (κ2) is 10.3. The van der Waals surface area contributed by atoms with E-state index in [-0.39, 0.29) is 16.8 Å². The smallest absolute Gasteiger partial charge is 0.246 e. The number of benzene rings is 2. The van der Waals surface area contributed by atoms with Crippen molar-refractivity contribution in [3.05, 3.63) is 64.7 Å². The Balaban J connectivity index is 1.76. The first-order valence-corrected chi connectivity index (χ1v) is 12.1. The van der Waals surface area contributed by atoms with Crippen LogP contribution in [-0.4, -0.2) is 38.8 Å². The molecule has 166 valence electrons. The number of nitrogens with zero attached hydrogens (tertiary/aromatic N) is 1. The first kappa shape index (κ1) is 23.3. The van der Waals surface area contributed by atoms with Crippen molar-refractivity contribution in [2.75, 3.05) is 20.2 Å². The van der Waals surface area contributed by atoms with Crippen molar-refractivity contribution in [3.63, 3.8) is 0 Å². The predicted molar refractivity (Wildman–Crippen MR) is 123 cm³/mol. The zero-order valence-electron chi connectivity index (χ0n) is 17.7. The fourth-order valence-corrected chi connectivity index (χ4v) is 5.44. The van der Waals surface area contributed by atoms with Gasteiger partial charge in [0.15, 0.2) is 0 Å². The summed E-state index contributed by atoms with van der Waals surface area (Å²) >= 11 is 6.01. The van der Waals surface area contributed by atoms with Crippen molar-refractivity contribution in [2.24, 2.45) is 0 Å². The topological polar surface area (TPSA) is 75.7 Å². The molecule has 1 N–H and O–H groups in total. The number of nitrogens with one attached hydrogen (secondary N) is 1. The molecule has 31 heavy (non-hydrogen) atoms. The van der Waals surface area contributed by atoms with Gasteiger partial charge in [0.2, 0.25) is 15.9 Å². The van der Waals surface area contributed by atoms with Crippen LogP contribution in [0.4, 0.5) is 0 Å². The van der Waals surface area contributed by atoms with Crippen molar-refractivity contribution in [1.82, 2.24) is 9.62 Å². The Bertz CT molecular complexity index is 1060. The summed E-state index contributed by atoms with van der Waals surface area (Å²) in [5.41, 5.74) is 1.50. The molecule has 2 aromatic carbocycles. The molecule has 0 spiro atoms. The molecule has 0 bridgehead atoms. The van der Waals surface area contributed by atoms with Gasteiger partial charge in [-0.3, -0.25) is 4.79 Å². The van der Waals surface area contributed by atoms with Crippen LogP contribution >= 0.6 is 11.6 Å². The maximum Gasteiger partial charge on any atom is 0.246 e. The molecule has 1 amide bonds. The first-order chi connectivity index (χ1) is 14.8. The van der Waals surface area contributed by atoms with E-state index in [1.165, 1.54) is 17.5 Å². The lowest BCUT2D eigenvalue weighted by atomic mass is 10.1. The summed E-state index contributed by atoms with van der Waals surface area (Å²) < 4.78 is 33.0. The van der Waals surface area contributed by atoms with Gasteiger partial charge in [-0.25, -0.2) is 8.42 Å². The Morgan fingerprint density at radius 2 is 1.90 bits per heavy atom. The summed E-state index contributed by atoms with van der Waals surface area (Å²) in [5.74, 6) is 0.00508. The molecule has 0 aliphatic carbocycles. The standard InChI is InChI=1S/C23H27ClN2O4S/c1-17(19-7-6-8-20(24)16-19)25-23(27)12-10-18-9-11-21(30-2)22(15-18)31(28,29)26-13-4-3-5-14-26/h6-12,15-17H,3-5,13-14H2,1-2H3,(H,25,27)/b12-10+. The third-order valence-electron chi connectivity index (χ3n) is 5.26. The normalized spacial score (nSPS) is 16.2. The van der Waals surface area contributed by atoms with Crippen LogP contribution in [0.3, 0.4) is 0 Å². The molecule has 1 heterocycles. The monoisotopic (exact) mass is 462 g/mol. The highest BCUT2D eigenvalue weighted by atomic mass is 35.5. The van der Waals surface area contributed by atoms with Crippen LogP contribution < -0.4 is 10.1 Å². The van der Waals surface area contributed by atoms with E-state index in [1.807, 2.05) is 19.1 Å². The van der Waals surface area contributed by atoms with Gasteiger partial charge in [-0.2, -0.15) is 4.31 Å². The van der Waals surface area contributed by atoms with E-state index < -0.39 is 10.0 Å². The number of halogens is 1. The van der Waals surface area contributed by atoms with Crippen LogP contribution in [0.2, 0.25) is 5.02 Å². The number of rotatable bonds is 7. The van der Waals surface area contributed by atoms with Crippen molar-refractivity contribution in [3.8, 4) is 5.75 Å². The van der Waals surface area contributed by atoms with Gasteiger partial charge >= 0.3 is 0 Å². The summed E-state index contributed by atoms with van der Waals surface area (Å²) in [5, 5.41) is 3.48. The van der Waals surface area contributed by atoms with E-state index in [9.17, 15) is 13.2 Å². The molecule has 0 radical (unpaired) electrons. The summed E-state index contributed by atoms with van der Waals surface area (Å²) in [6, 6.07) is 12.0. The van der Waals surface area contributed by atoms with Gasteiger partial charge in [0.1, 0.15) is 10.6 Å². The number of ether oxygens (including phenoxy) is 1. The number of carbonyl (C=O) groups is 1. The largest absolute Gasteiger partial charge is 0.495 e. The van der Waals surface area contributed by atoms with Crippen LogP contribution in [0.5, 0.6) is 5.75 Å². The average molecular weight is 463 g/mol. The number of methoxy groups -OCH3 is 1. The van der Waals surface area contributed by atoms with Crippen molar-refractivity contribution >= 4 is 33.6 Å². The minimum Gasteiger partial charge on any atom is -0.495 e. The molecule has 3 rings (SSSR count). The lowest BCUT2D eigenvalue weighted by molar-refractivity contribution is -0.117. The molecule has 6 nitrogen and oxygen atoms in total. The van der Waals surface area contributed by atoms with E-state index in [4.69, 9.17) is 16.3 Å². The summed E-state index contributed by atoms with van der Waals surface area (Å²) in [6.07, 6.45) is 5.72. The molecule has 0 aromatic heterocycles. The van der Waals surface area contributed by atoms with Gasteiger partial charge in [-0.1, -0.05) is 36.2 Å². The van der Waals surface area contributed by atoms with Gasteiger partial charge < -0.3 is 10.1 Å². The number of hydrogen-bond donors (Lipinski definition) is 1. The molecule has 8 heteroatoms. The molecule has 1 fully saturated rings. The van der Waals surface area contributed by atoms with E-state index in [0.717, 1.165) is 24.8 Å². The average Bonchev–Trinajstić information content (AvgIpc) is 2.78. The molecule has 1 aliphatic heterocycles. The Morgan fingerprint density at radius 3 is 2.58 bits per heavy atom. The van der Waals surface area contributed by atoms with E-state index >= 15 is 0 Å². The molecule has 1 aliphatic rings. The molecule has 0 saturated carbocycles. The second-order valence-corrected chi connectivity index (χ2v) is 9.84. The molecule has 1 unspecified atom stereocenters. The number of sulfonamides is 1. The summed E-state index contributed by atoms with van der Waals surface area (Å²) in [7, 11) is -2.21. The SMILES string of the molecule is COc1ccc(/C=C/C(=O)NC(C)c2cccc(Cl)c2)cc1S(=O)(=O)N1CCCCC1. The third kappa shape index (κ3) is 5.87. The van der Waals surface area contributed by atoms with E-state index in [2.05, 4.69) is 5.32 Å². The highest BCUT2D eigenvalue weighted by Crippen LogP contribution is 2.30. The quantitative estimate of drug-likeness (QED) is 0.618. The van der Waals surface area contributed by atoms with Crippen molar-refractivity contribution in [1.29, 1.82) is 0 Å². The minimum absolute atomic E-state index is 0.117. The predicted octanol–water partition coefficient (Wildman–Crippen LogP) is 4.41. The van der Waals surface area contributed by atoms with Gasteiger partial charge in [0, 0.05) is 24.2 Å². The highest BCUT2D eigenvalue weighted by molar-refractivity contribution is 7.89. The van der Waals surface area contributed by atoms with Crippen LogP contribution in [0.1, 0.15) is 43.4 Å². The second-order valence-electron chi connectivity index (χ2n) is 7.49. The van der Waals surface area contributed by atoms with Gasteiger partial charge in [0.25, 0.3) is 0 Å². The van der Waals surface area contributed by atoms with Gasteiger partial charge in [-0.15, -0.1) is 0 Å². The molecular weight excluding hydrogens is 436 g/mol. The number of amides is 1. The number of hydrogen-bond acceptors (Lipinski definition) is 4. The Labute approximate surface area is 188 Å².